The molecule has 134 valence electrons. The second-order valence-corrected chi connectivity index (χ2v) is 6.42. The second kappa shape index (κ2) is 7.12. The number of alkyl halides is 1. The predicted molar refractivity (Wildman–Crippen MR) is 83.6 cm³/mol. The Morgan fingerprint density at radius 2 is 1.52 bits per heavy atom. The third-order valence-corrected chi connectivity index (χ3v) is 4.50. The lowest BCUT2D eigenvalue weighted by molar-refractivity contribution is -0.0126. The maximum Gasteiger partial charge on any atom is 0.134 e. The van der Waals surface area contributed by atoms with Crippen molar-refractivity contribution in [1.82, 2.24) is 0 Å². The Balaban J connectivity index is 1.99. The van der Waals surface area contributed by atoms with E-state index in [-0.39, 0.29) is 5.56 Å². The van der Waals surface area contributed by atoms with E-state index in [1.54, 1.807) is 0 Å². The minimum Gasteiger partial charge on any atom is -0.373 e. The van der Waals surface area contributed by atoms with E-state index in [1.165, 1.54) is 0 Å². The summed E-state index contributed by atoms with van der Waals surface area (Å²) >= 11 is 0. The Labute approximate surface area is 142 Å². The number of halogens is 5. The van der Waals surface area contributed by atoms with Gasteiger partial charge in [-0.05, 0) is 54.2 Å². The summed E-state index contributed by atoms with van der Waals surface area (Å²) in [6.07, 6.45) is 1.13. The molecule has 1 aliphatic heterocycles. The molecule has 0 aromatic heterocycles. The van der Waals surface area contributed by atoms with Gasteiger partial charge in [-0.1, -0.05) is 6.92 Å². The molecule has 0 bridgehead atoms. The highest BCUT2D eigenvalue weighted by Crippen LogP contribution is 2.35. The largest absolute Gasteiger partial charge is 0.373 e. The molecule has 2 unspecified atom stereocenters. The Hall–Kier alpha value is -1.95. The number of ether oxygens (including phenoxy) is 1. The van der Waals surface area contributed by atoms with Crippen LogP contribution in [0.2, 0.25) is 0 Å². The van der Waals surface area contributed by atoms with Crippen molar-refractivity contribution >= 4 is 0 Å². The smallest absolute Gasteiger partial charge is 0.134 e. The molecule has 2 atom stereocenters. The minimum absolute atomic E-state index is 0.313. The Morgan fingerprint density at radius 1 is 0.920 bits per heavy atom. The van der Waals surface area contributed by atoms with Gasteiger partial charge in [-0.25, -0.2) is 22.0 Å². The van der Waals surface area contributed by atoms with Crippen LogP contribution in [0.25, 0.3) is 11.1 Å². The summed E-state index contributed by atoms with van der Waals surface area (Å²) in [7, 11) is 0. The van der Waals surface area contributed by atoms with Crippen LogP contribution in [0.5, 0.6) is 0 Å². The first-order valence-electron chi connectivity index (χ1n) is 8.05. The number of benzene rings is 2. The zero-order chi connectivity index (χ0) is 18.1. The van der Waals surface area contributed by atoms with Crippen molar-refractivity contribution in [2.45, 2.75) is 32.5 Å². The van der Waals surface area contributed by atoms with E-state index >= 15 is 0 Å². The highest BCUT2D eigenvalue weighted by atomic mass is 19.2. The van der Waals surface area contributed by atoms with Gasteiger partial charge in [-0.2, -0.15) is 0 Å². The lowest BCUT2D eigenvalue weighted by Crippen LogP contribution is -2.18. The fraction of sp³-hybridized carbons (Fsp3) is 0.368. The normalized spacial score (nSPS) is 20.7. The van der Waals surface area contributed by atoms with Gasteiger partial charge in [0.15, 0.2) is 0 Å². The molecule has 1 nitrogen and oxygen atoms in total. The quantitative estimate of drug-likeness (QED) is 0.625. The van der Waals surface area contributed by atoms with Crippen LogP contribution < -0.4 is 0 Å². The molecule has 0 radical (unpaired) electrons. The van der Waals surface area contributed by atoms with Crippen molar-refractivity contribution in [3.63, 3.8) is 0 Å². The van der Waals surface area contributed by atoms with Crippen LogP contribution in [0.1, 0.15) is 37.0 Å². The molecule has 0 amide bonds. The summed E-state index contributed by atoms with van der Waals surface area (Å²) in [5.74, 6) is -3.84. The van der Waals surface area contributed by atoms with Crippen molar-refractivity contribution in [3.8, 4) is 11.1 Å². The first kappa shape index (κ1) is 17.9. The molecule has 2 aromatic carbocycles. The standard InChI is InChI=1S/C19H17F5O/c1-10-2-3-18(25-9-10)11-4-16(23)19(17(24)5-11)12-6-14(21)13(8-20)15(22)7-12/h4-7,10,18H,2-3,8-9H2,1H3. The van der Waals surface area contributed by atoms with Crippen LogP contribution in [0.4, 0.5) is 22.0 Å². The van der Waals surface area contributed by atoms with Gasteiger partial charge in [0.1, 0.15) is 29.9 Å². The van der Waals surface area contributed by atoms with Crippen molar-refractivity contribution in [3.05, 3.63) is 58.7 Å². The van der Waals surface area contributed by atoms with Crippen LogP contribution in [0.15, 0.2) is 24.3 Å². The van der Waals surface area contributed by atoms with Gasteiger partial charge < -0.3 is 4.74 Å². The first-order valence-corrected chi connectivity index (χ1v) is 8.05. The lowest BCUT2D eigenvalue weighted by Gasteiger charge is -2.27. The zero-order valence-corrected chi connectivity index (χ0v) is 13.6. The summed E-state index contributed by atoms with van der Waals surface area (Å²) in [5.41, 5.74) is -1.26. The monoisotopic (exact) mass is 356 g/mol. The van der Waals surface area contributed by atoms with Crippen molar-refractivity contribution < 1.29 is 26.7 Å². The van der Waals surface area contributed by atoms with Gasteiger partial charge in [0, 0.05) is 6.61 Å². The fourth-order valence-electron chi connectivity index (χ4n) is 3.08. The van der Waals surface area contributed by atoms with E-state index in [9.17, 15) is 22.0 Å². The minimum atomic E-state index is -1.33. The average molecular weight is 356 g/mol. The van der Waals surface area contributed by atoms with Crippen LogP contribution in [-0.4, -0.2) is 6.61 Å². The van der Waals surface area contributed by atoms with Crippen molar-refractivity contribution in [2.75, 3.05) is 6.61 Å². The maximum atomic E-state index is 14.5. The number of rotatable bonds is 3. The van der Waals surface area contributed by atoms with Crippen LogP contribution in [-0.2, 0) is 11.4 Å². The number of hydrogen-bond acceptors (Lipinski definition) is 1. The maximum absolute atomic E-state index is 14.5. The van der Waals surface area contributed by atoms with E-state index < -0.39 is 47.2 Å². The van der Waals surface area contributed by atoms with Crippen molar-refractivity contribution in [2.24, 2.45) is 5.92 Å². The van der Waals surface area contributed by atoms with Gasteiger partial charge in [0.2, 0.25) is 0 Å². The third-order valence-electron chi connectivity index (χ3n) is 4.50. The van der Waals surface area contributed by atoms with Crippen LogP contribution >= 0.6 is 0 Å². The molecule has 1 heterocycles. The number of hydrogen-bond donors (Lipinski definition) is 0. The molecule has 0 aliphatic carbocycles. The molecule has 2 aromatic rings. The molecule has 1 saturated heterocycles. The highest BCUT2D eigenvalue weighted by Gasteiger charge is 2.24. The van der Waals surface area contributed by atoms with E-state index in [1.807, 2.05) is 6.92 Å². The SMILES string of the molecule is CC1CCC(c2cc(F)c(-c3cc(F)c(CF)c(F)c3)c(F)c2)OC1. The van der Waals surface area contributed by atoms with E-state index in [0.29, 0.717) is 24.5 Å². The summed E-state index contributed by atoms with van der Waals surface area (Å²) in [6, 6.07) is 3.71. The lowest BCUT2D eigenvalue weighted by atomic mass is 9.93. The first-order chi connectivity index (χ1) is 11.9. The molecular formula is C19H17F5O. The van der Waals surface area contributed by atoms with Gasteiger partial charge in [0.05, 0.1) is 17.2 Å². The van der Waals surface area contributed by atoms with Crippen LogP contribution in [0, 0.1) is 29.2 Å². The molecule has 25 heavy (non-hydrogen) atoms. The predicted octanol–water partition coefficient (Wildman–Crippen LogP) is 5.87. The Morgan fingerprint density at radius 3 is 2.00 bits per heavy atom. The molecule has 3 rings (SSSR count). The van der Waals surface area contributed by atoms with E-state index in [2.05, 4.69) is 0 Å². The van der Waals surface area contributed by atoms with Crippen LogP contribution in [0.3, 0.4) is 0 Å². The van der Waals surface area contributed by atoms with E-state index in [0.717, 1.165) is 30.7 Å². The molecule has 0 N–H and O–H groups in total. The molecule has 0 saturated carbocycles. The summed E-state index contributed by atoms with van der Waals surface area (Å²) < 4.78 is 74.6. The fourth-order valence-corrected chi connectivity index (χ4v) is 3.08. The van der Waals surface area contributed by atoms with Crippen molar-refractivity contribution in [1.29, 1.82) is 0 Å². The molecule has 1 fully saturated rings. The zero-order valence-electron chi connectivity index (χ0n) is 13.6. The Bertz CT molecular complexity index is 735. The Kier molecular flexibility index (Phi) is 5.08. The van der Waals surface area contributed by atoms with Gasteiger partial charge in [-0.15, -0.1) is 0 Å². The molecular weight excluding hydrogens is 339 g/mol. The van der Waals surface area contributed by atoms with Gasteiger partial charge >= 0.3 is 0 Å². The molecule has 0 spiro atoms. The average Bonchev–Trinajstić information content (AvgIpc) is 2.54. The van der Waals surface area contributed by atoms with E-state index in [4.69, 9.17) is 4.74 Å². The second-order valence-electron chi connectivity index (χ2n) is 6.42. The third kappa shape index (κ3) is 3.54. The molecule has 1 aliphatic rings. The molecule has 6 heteroatoms. The highest BCUT2D eigenvalue weighted by molar-refractivity contribution is 5.66. The summed E-state index contributed by atoms with van der Waals surface area (Å²) in [4.78, 5) is 0. The van der Waals surface area contributed by atoms with Gasteiger partial charge in [-0.3, -0.25) is 0 Å². The van der Waals surface area contributed by atoms with Gasteiger partial charge in [0.25, 0.3) is 0 Å². The summed E-state index contributed by atoms with van der Waals surface area (Å²) in [6.45, 7) is 1.21. The summed E-state index contributed by atoms with van der Waals surface area (Å²) in [5, 5.41) is 0. The topological polar surface area (TPSA) is 9.23 Å².